The van der Waals surface area contributed by atoms with Crippen molar-refractivity contribution in [1.82, 2.24) is 0 Å². The predicted molar refractivity (Wildman–Crippen MR) is 102 cm³/mol. The molecule has 0 amide bonds. The Morgan fingerprint density at radius 1 is 0.625 bits per heavy atom. The highest BCUT2D eigenvalue weighted by molar-refractivity contribution is 6.38. The standard InChI is InChI=1S/C20H18N4/c1-4-10-17(11-5-1)20(24-23-19-14-8-3-9-15-19)16-21-22-18-12-6-2-7-13-18/h1-16,22-23H/b21-16-,24-20+. The molecule has 0 spiro atoms. The monoisotopic (exact) mass is 314 g/mol. The maximum absolute atomic E-state index is 4.47. The van der Waals surface area contributed by atoms with Gasteiger partial charge in [-0.05, 0) is 24.3 Å². The third-order valence-electron chi connectivity index (χ3n) is 3.30. The number of hydrogen-bond acceptors (Lipinski definition) is 4. The van der Waals surface area contributed by atoms with Crippen LogP contribution in [0.3, 0.4) is 0 Å². The van der Waals surface area contributed by atoms with E-state index in [4.69, 9.17) is 0 Å². The molecule has 3 aromatic carbocycles. The summed E-state index contributed by atoms with van der Waals surface area (Å²) in [7, 11) is 0. The summed E-state index contributed by atoms with van der Waals surface area (Å²) in [5.41, 5.74) is 9.64. The van der Waals surface area contributed by atoms with E-state index in [1.54, 1.807) is 6.21 Å². The fraction of sp³-hybridized carbons (Fsp3) is 0. The first-order valence-corrected chi connectivity index (χ1v) is 7.70. The lowest BCUT2D eigenvalue weighted by atomic mass is 10.1. The summed E-state index contributed by atoms with van der Waals surface area (Å²) in [5.74, 6) is 0. The topological polar surface area (TPSA) is 48.8 Å². The van der Waals surface area contributed by atoms with E-state index in [0.29, 0.717) is 0 Å². The Morgan fingerprint density at radius 3 is 1.71 bits per heavy atom. The maximum Gasteiger partial charge on any atom is 0.111 e. The van der Waals surface area contributed by atoms with E-state index in [2.05, 4.69) is 21.1 Å². The highest BCUT2D eigenvalue weighted by Crippen LogP contribution is 2.07. The van der Waals surface area contributed by atoms with Crippen LogP contribution in [0.25, 0.3) is 0 Å². The van der Waals surface area contributed by atoms with Crippen LogP contribution in [-0.2, 0) is 0 Å². The second-order valence-electron chi connectivity index (χ2n) is 5.08. The van der Waals surface area contributed by atoms with Gasteiger partial charge in [0.2, 0.25) is 0 Å². The summed E-state index contributed by atoms with van der Waals surface area (Å²) in [6.07, 6.45) is 1.71. The van der Waals surface area contributed by atoms with Crippen molar-refractivity contribution in [1.29, 1.82) is 0 Å². The molecule has 2 N–H and O–H groups in total. The molecule has 0 aliphatic carbocycles. The van der Waals surface area contributed by atoms with Crippen molar-refractivity contribution in [2.24, 2.45) is 10.2 Å². The fourth-order valence-electron chi connectivity index (χ4n) is 2.09. The Hall–Kier alpha value is -3.40. The molecule has 3 rings (SSSR count). The first-order chi connectivity index (χ1) is 11.9. The molecular weight excluding hydrogens is 296 g/mol. The third kappa shape index (κ3) is 4.55. The molecule has 0 aromatic heterocycles. The SMILES string of the molecule is C(=N/Nc1ccccc1)/C(=N\Nc1ccccc1)c1ccccc1. The smallest absolute Gasteiger partial charge is 0.111 e. The number of nitrogens with one attached hydrogen (secondary N) is 2. The molecule has 4 heteroatoms. The van der Waals surface area contributed by atoms with Crippen LogP contribution in [0.5, 0.6) is 0 Å². The van der Waals surface area contributed by atoms with Gasteiger partial charge in [-0.15, -0.1) is 0 Å². The van der Waals surface area contributed by atoms with Crippen molar-refractivity contribution in [3.05, 3.63) is 96.6 Å². The molecule has 0 aliphatic rings. The van der Waals surface area contributed by atoms with E-state index in [1.807, 2.05) is 91.0 Å². The fourth-order valence-corrected chi connectivity index (χ4v) is 2.09. The Morgan fingerprint density at radius 2 is 1.12 bits per heavy atom. The first kappa shape index (κ1) is 15.5. The van der Waals surface area contributed by atoms with Crippen molar-refractivity contribution in [2.75, 3.05) is 10.9 Å². The highest BCUT2D eigenvalue weighted by atomic mass is 15.3. The van der Waals surface area contributed by atoms with E-state index in [1.165, 1.54) is 0 Å². The van der Waals surface area contributed by atoms with E-state index < -0.39 is 0 Å². The van der Waals surface area contributed by atoms with Crippen LogP contribution < -0.4 is 10.9 Å². The Bertz CT molecular complexity index is 797. The number of benzene rings is 3. The summed E-state index contributed by atoms with van der Waals surface area (Å²) in [6.45, 7) is 0. The Balaban J connectivity index is 1.77. The van der Waals surface area contributed by atoms with Gasteiger partial charge in [0.15, 0.2) is 0 Å². The van der Waals surface area contributed by atoms with Crippen molar-refractivity contribution >= 4 is 23.3 Å². The van der Waals surface area contributed by atoms with Crippen LogP contribution in [0.15, 0.2) is 101 Å². The van der Waals surface area contributed by atoms with Gasteiger partial charge in [0, 0.05) is 5.56 Å². The van der Waals surface area contributed by atoms with Gasteiger partial charge < -0.3 is 0 Å². The largest absolute Gasteiger partial charge is 0.278 e. The minimum atomic E-state index is 0.739. The van der Waals surface area contributed by atoms with Crippen molar-refractivity contribution < 1.29 is 0 Å². The second kappa shape index (κ2) is 8.29. The van der Waals surface area contributed by atoms with E-state index in [0.717, 1.165) is 22.6 Å². The molecule has 0 radical (unpaired) electrons. The molecule has 0 atom stereocenters. The second-order valence-corrected chi connectivity index (χ2v) is 5.08. The summed E-state index contributed by atoms with van der Waals surface area (Å²) < 4.78 is 0. The predicted octanol–water partition coefficient (Wildman–Crippen LogP) is 4.60. The molecule has 4 nitrogen and oxygen atoms in total. The Kier molecular flexibility index (Phi) is 5.35. The van der Waals surface area contributed by atoms with Crippen LogP contribution >= 0.6 is 0 Å². The van der Waals surface area contributed by atoms with Gasteiger partial charge >= 0.3 is 0 Å². The number of hydrogen-bond donors (Lipinski definition) is 2. The highest BCUT2D eigenvalue weighted by Gasteiger charge is 2.00. The van der Waals surface area contributed by atoms with Crippen molar-refractivity contribution in [2.45, 2.75) is 0 Å². The molecule has 3 aromatic rings. The molecule has 0 unspecified atom stereocenters. The molecule has 0 saturated heterocycles. The first-order valence-electron chi connectivity index (χ1n) is 7.70. The zero-order chi connectivity index (χ0) is 16.5. The maximum atomic E-state index is 4.47. The lowest BCUT2D eigenvalue weighted by Crippen LogP contribution is -2.07. The number of anilines is 2. The third-order valence-corrected chi connectivity index (χ3v) is 3.30. The Labute approximate surface area is 141 Å². The van der Waals surface area contributed by atoms with Gasteiger partial charge in [-0.2, -0.15) is 10.2 Å². The number of para-hydroxylation sites is 2. The molecule has 118 valence electrons. The molecule has 0 saturated carbocycles. The summed E-state index contributed by atoms with van der Waals surface area (Å²) in [4.78, 5) is 0. The van der Waals surface area contributed by atoms with Crippen LogP contribution in [0.4, 0.5) is 11.4 Å². The average molecular weight is 314 g/mol. The summed E-state index contributed by atoms with van der Waals surface area (Å²) in [6, 6.07) is 29.6. The van der Waals surface area contributed by atoms with Crippen LogP contribution in [-0.4, -0.2) is 11.9 Å². The van der Waals surface area contributed by atoms with Gasteiger partial charge in [0.05, 0.1) is 17.6 Å². The van der Waals surface area contributed by atoms with Gasteiger partial charge in [0.1, 0.15) is 5.71 Å². The van der Waals surface area contributed by atoms with Crippen molar-refractivity contribution in [3.63, 3.8) is 0 Å². The molecule has 0 bridgehead atoms. The number of nitrogens with zero attached hydrogens (tertiary/aromatic N) is 2. The molecule has 0 aliphatic heterocycles. The van der Waals surface area contributed by atoms with Crippen LogP contribution in [0.2, 0.25) is 0 Å². The normalized spacial score (nSPS) is 11.4. The lowest BCUT2D eigenvalue weighted by Gasteiger charge is -2.04. The van der Waals surface area contributed by atoms with Crippen LogP contribution in [0.1, 0.15) is 5.56 Å². The van der Waals surface area contributed by atoms with E-state index in [9.17, 15) is 0 Å². The average Bonchev–Trinajstić information content (AvgIpc) is 2.67. The molecule has 0 heterocycles. The number of hydrazone groups is 2. The molecular formula is C20H18N4. The van der Waals surface area contributed by atoms with Gasteiger partial charge in [-0.25, -0.2) is 0 Å². The summed E-state index contributed by atoms with van der Waals surface area (Å²) in [5, 5.41) is 8.76. The van der Waals surface area contributed by atoms with Gasteiger partial charge in [-0.3, -0.25) is 10.9 Å². The lowest BCUT2D eigenvalue weighted by molar-refractivity contribution is 1.33. The van der Waals surface area contributed by atoms with E-state index in [-0.39, 0.29) is 0 Å². The van der Waals surface area contributed by atoms with Crippen molar-refractivity contribution in [3.8, 4) is 0 Å². The van der Waals surface area contributed by atoms with E-state index >= 15 is 0 Å². The van der Waals surface area contributed by atoms with Gasteiger partial charge in [-0.1, -0.05) is 66.7 Å². The zero-order valence-electron chi connectivity index (χ0n) is 13.1. The summed E-state index contributed by atoms with van der Waals surface area (Å²) >= 11 is 0. The minimum absolute atomic E-state index is 0.739. The van der Waals surface area contributed by atoms with Crippen LogP contribution in [0, 0.1) is 0 Å². The molecule has 24 heavy (non-hydrogen) atoms. The molecule has 0 fully saturated rings. The number of rotatable bonds is 6. The quantitative estimate of drug-likeness (QED) is 0.516. The minimum Gasteiger partial charge on any atom is -0.278 e. The zero-order valence-corrected chi connectivity index (χ0v) is 13.1. The van der Waals surface area contributed by atoms with Gasteiger partial charge in [0.25, 0.3) is 0 Å².